The minimum Gasteiger partial charge on any atom is -0.373 e. The van der Waals surface area contributed by atoms with Gasteiger partial charge in [-0.25, -0.2) is 0 Å². The first-order valence-electron chi connectivity index (χ1n) is 8.13. The van der Waals surface area contributed by atoms with Gasteiger partial charge in [-0.3, -0.25) is 9.48 Å². The second-order valence-corrected chi connectivity index (χ2v) is 6.15. The average Bonchev–Trinajstić information content (AvgIpc) is 2.99. The van der Waals surface area contributed by atoms with Crippen LogP contribution < -0.4 is 4.90 Å². The molecule has 0 saturated carbocycles. The van der Waals surface area contributed by atoms with Crippen molar-refractivity contribution in [3.05, 3.63) is 47.8 Å². The summed E-state index contributed by atoms with van der Waals surface area (Å²) in [5.74, 6) is -0.0880. The Morgan fingerprint density at radius 3 is 2.62 bits per heavy atom. The number of hydrogen-bond donors (Lipinski definition) is 0. The number of carbonyl (C=O) groups excluding carboxylic acids is 1. The monoisotopic (exact) mass is 329 g/mol. The van der Waals surface area contributed by atoms with E-state index in [1.54, 1.807) is 15.8 Å². The number of aryl methyl sites for hydroxylation is 2. The zero-order valence-corrected chi connectivity index (χ0v) is 14.3. The van der Waals surface area contributed by atoms with Crippen LogP contribution in [0, 0.1) is 6.92 Å². The van der Waals surface area contributed by atoms with E-state index in [1.165, 1.54) is 0 Å². The van der Waals surface area contributed by atoms with E-state index in [1.807, 2.05) is 51.4 Å². The summed E-state index contributed by atoms with van der Waals surface area (Å²) in [5, 5.41) is 4.19. The number of anilines is 1. The third kappa shape index (κ3) is 3.66. The van der Waals surface area contributed by atoms with Crippen molar-refractivity contribution in [2.24, 2.45) is 7.05 Å². The van der Waals surface area contributed by atoms with Gasteiger partial charge in [0.05, 0.1) is 32.1 Å². The van der Waals surface area contributed by atoms with Crippen LogP contribution >= 0.6 is 0 Å². The largest absolute Gasteiger partial charge is 0.373 e. The second kappa shape index (κ2) is 7.15. The first-order chi connectivity index (χ1) is 11.5. The number of rotatable bonds is 4. The molecule has 0 aliphatic carbocycles. The molecule has 24 heavy (non-hydrogen) atoms. The molecule has 128 valence electrons. The highest BCUT2D eigenvalue weighted by Crippen LogP contribution is 2.22. The first kappa shape index (κ1) is 16.7. The topological polar surface area (TPSA) is 56.6 Å². The molecule has 6 heteroatoms. The SMILES string of the molecule is Cc1ccc(N(Cc2cnn(C)c2)C(=O)[C@H]2OCCO[C@H]2C)cc1. The van der Waals surface area contributed by atoms with E-state index < -0.39 is 6.10 Å². The van der Waals surface area contributed by atoms with Gasteiger partial charge in [-0.15, -0.1) is 0 Å². The van der Waals surface area contributed by atoms with Crippen LogP contribution in [0.5, 0.6) is 0 Å². The molecule has 2 heterocycles. The lowest BCUT2D eigenvalue weighted by molar-refractivity contribution is -0.159. The molecule has 0 bridgehead atoms. The Bertz CT molecular complexity index is 696. The maximum atomic E-state index is 13.1. The quantitative estimate of drug-likeness (QED) is 0.862. The van der Waals surface area contributed by atoms with Crippen LogP contribution in [0.25, 0.3) is 0 Å². The van der Waals surface area contributed by atoms with E-state index in [-0.39, 0.29) is 12.0 Å². The van der Waals surface area contributed by atoms with Gasteiger partial charge in [0, 0.05) is 24.5 Å². The third-order valence-electron chi connectivity index (χ3n) is 4.14. The van der Waals surface area contributed by atoms with Crippen molar-refractivity contribution in [3.8, 4) is 0 Å². The van der Waals surface area contributed by atoms with E-state index in [0.29, 0.717) is 19.8 Å². The van der Waals surface area contributed by atoms with Crippen LogP contribution in [-0.2, 0) is 27.9 Å². The Kier molecular flexibility index (Phi) is 4.97. The maximum Gasteiger partial charge on any atom is 0.259 e. The molecule has 0 unspecified atom stereocenters. The zero-order valence-electron chi connectivity index (χ0n) is 14.3. The Morgan fingerprint density at radius 2 is 2.00 bits per heavy atom. The average molecular weight is 329 g/mol. The Labute approximate surface area is 142 Å². The second-order valence-electron chi connectivity index (χ2n) is 6.15. The highest BCUT2D eigenvalue weighted by Gasteiger charge is 2.34. The van der Waals surface area contributed by atoms with Crippen molar-refractivity contribution in [2.45, 2.75) is 32.6 Å². The van der Waals surface area contributed by atoms with Gasteiger partial charge in [0.25, 0.3) is 5.91 Å². The van der Waals surface area contributed by atoms with Crippen LogP contribution in [0.1, 0.15) is 18.1 Å². The van der Waals surface area contributed by atoms with Gasteiger partial charge in [-0.1, -0.05) is 17.7 Å². The zero-order chi connectivity index (χ0) is 17.1. The van der Waals surface area contributed by atoms with Gasteiger partial charge in [0.2, 0.25) is 0 Å². The van der Waals surface area contributed by atoms with Crippen molar-refractivity contribution >= 4 is 11.6 Å². The number of nitrogens with zero attached hydrogens (tertiary/aromatic N) is 3. The fourth-order valence-corrected chi connectivity index (χ4v) is 2.81. The predicted molar refractivity (Wildman–Crippen MR) is 90.7 cm³/mol. The molecular weight excluding hydrogens is 306 g/mol. The predicted octanol–water partition coefficient (Wildman–Crippen LogP) is 2.07. The molecule has 1 amide bonds. The van der Waals surface area contributed by atoms with Crippen molar-refractivity contribution < 1.29 is 14.3 Å². The lowest BCUT2D eigenvalue weighted by Gasteiger charge is -2.33. The standard InChI is InChI=1S/C18H23N3O3/c1-13-4-6-16(7-5-13)21(12-15-10-19-20(3)11-15)18(22)17-14(2)23-8-9-24-17/h4-7,10-11,14,17H,8-9,12H2,1-3H3/t14-,17-/m0/s1. The summed E-state index contributed by atoms with van der Waals surface area (Å²) in [5.41, 5.74) is 2.96. The summed E-state index contributed by atoms with van der Waals surface area (Å²) in [6, 6.07) is 7.91. The minimum atomic E-state index is -0.586. The highest BCUT2D eigenvalue weighted by atomic mass is 16.6. The molecule has 0 radical (unpaired) electrons. The van der Waals surface area contributed by atoms with E-state index in [9.17, 15) is 4.79 Å². The van der Waals surface area contributed by atoms with Gasteiger partial charge in [-0.05, 0) is 26.0 Å². The van der Waals surface area contributed by atoms with Gasteiger partial charge in [0.15, 0.2) is 6.10 Å². The Balaban J connectivity index is 1.88. The van der Waals surface area contributed by atoms with Gasteiger partial charge in [-0.2, -0.15) is 5.10 Å². The lowest BCUT2D eigenvalue weighted by Crippen LogP contribution is -2.49. The van der Waals surface area contributed by atoms with E-state index >= 15 is 0 Å². The smallest absolute Gasteiger partial charge is 0.259 e. The molecule has 3 rings (SSSR count). The lowest BCUT2D eigenvalue weighted by atomic mass is 10.1. The summed E-state index contributed by atoms with van der Waals surface area (Å²) >= 11 is 0. The van der Waals surface area contributed by atoms with Crippen LogP contribution in [0.2, 0.25) is 0 Å². The van der Waals surface area contributed by atoms with Crippen LogP contribution in [0.4, 0.5) is 5.69 Å². The number of benzene rings is 1. The van der Waals surface area contributed by atoms with Crippen LogP contribution in [0.15, 0.2) is 36.7 Å². The van der Waals surface area contributed by atoms with E-state index in [0.717, 1.165) is 16.8 Å². The summed E-state index contributed by atoms with van der Waals surface area (Å²) in [7, 11) is 1.86. The van der Waals surface area contributed by atoms with Crippen LogP contribution in [0.3, 0.4) is 0 Å². The van der Waals surface area contributed by atoms with Crippen molar-refractivity contribution in [1.29, 1.82) is 0 Å². The van der Waals surface area contributed by atoms with Crippen molar-refractivity contribution in [1.82, 2.24) is 9.78 Å². The van der Waals surface area contributed by atoms with Gasteiger partial charge >= 0.3 is 0 Å². The van der Waals surface area contributed by atoms with Crippen molar-refractivity contribution in [2.75, 3.05) is 18.1 Å². The van der Waals surface area contributed by atoms with Crippen molar-refractivity contribution in [3.63, 3.8) is 0 Å². The summed E-state index contributed by atoms with van der Waals surface area (Å²) in [4.78, 5) is 14.8. The van der Waals surface area contributed by atoms with E-state index in [4.69, 9.17) is 9.47 Å². The molecule has 1 aliphatic rings. The minimum absolute atomic E-state index is 0.0880. The number of aromatic nitrogens is 2. The fraction of sp³-hybridized carbons (Fsp3) is 0.444. The number of carbonyl (C=O) groups is 1. The fourth-order valence-electron chi connectivity index (χ4n) is 2.81. The molecule has 6 nitrogen and oxygen atoms in total. The molecule has 0 spiro atoms. The summed E-state index contributed by atoms with van der Waals surface area (Å²) in [6.45, 7) is 5.31. The van der Waals surface area contributed by atoms with Crippen LogP contribution in [-0.4, -0.2) is 41.1 Å². The molecule has 1 aliphatic heterocycles. The molecule has 1 aromatic carbocycles. The van der Waals surface area contributed by atoms with Gasteiger partial charge in [0.1, 0.15) is 0 Å². The molecule has 0 N–H and O–H groups in total. The number of ether oxygens (including phenoxy) is 2. The maximum absolute atomic E-state index is 13.1. The molecule has 2 aromatic rings. The molecule has 2 atom stereocenters. The Morgan fingerprint density at radius 1 is 1.29 bits per heavy atom. The molecule has 1 fully saturated rings. The molecule has 1 aromatic heterocycles. The van der Waals surface area contributed by atoms with E-state index in [2.05, 4.69) is 5.10 Å². The number of amides is 1. The summed E-state index contributed by atoms with van der Waals surface area (Å²) in [6.07, 6.45) is 2.84. The molecule has 1 saturated heterocycles. The van der Waals surface area contributed by atoms with Gasteiger partial charge < -0.3 is 14.4 Å². The molecular formula is C18H23N3O3. The number of hydrogen-bond acceptors (Lipinski definition) is 4. The first-order valence-corrected chi connectivity index (χ1v) is 8.13. The third-order valence-corrected chi connectivity index (χ3v) is 4.14. The highest BCUT2D eigenvalue weighted by molar-refractivity contribution is 5.97. The Hall–Kier alpha value is -2.18. The summed E-state index contributed by atoms with van der Waals surface area (Å²) < 4.78 is 13.0. The normalized spacial score (nSPS) is 20.8.